The van der Waals surface area contributed by atoms with E-state index < -0.39 is 35.9 Å². The smallest absolute Gasteiger partial charge is 0.326 e. The maximum absolute atomic E-state index is 12.7. The zero-order chi connectivity index (χ0) is 24.0. The quantitative estimate of drug-likeness (QED) is 0.0756. The van der Waals surface area contributed by atoms with Crippen LogP contribution in [0.3, 0.4) is 0 Å². The number of nitrogens with one attached hydrogen (secondary N) is 2. The van der Waals surface area contributed by atoms with Crippen molar-refractivity contribution in [2.75, 3.05) is 13.1 Å². The average molecular weight is 444 g/mol. The molecule has 13 nitrogen and oxygen atoms in total. The summed E-state index contributed by atoms with van der Waals surface area (Å²) in [5.74, 6) is -2.33. The number of rotatable bonds is 15. The summed E-state index contributed by atoms with van der Waals surface area (Å²) in [6, 6.07) is -2.94. The van der Waals surface area contributed by atoms with Gasteiger partial charge in [0.25, 0.3) is 0 Å². The lowest BCUT2D eigenvalue weighted by molar-refractivity contribution is -0.142. The molecular weight excluding hydrogens is 406 g/mol. The van der Waals surface area contributed by atoms with E-state index in [1.165, 1.54) is 0 Å². The molecular formula is C18H37N9O4. The number of carbonyl (C=O) groups excluding carboxylic acids is 2. The summed E-state index contributed by atoms with van der Waals surface area (Å²) in [6.07, 6.45) is 1.48. The third kappa shape index (κ3) is 13.7. The lowest BCUT2D eigenvalue weighted by atomic mass is 10.0. The third-order valence-electron chi connectivity index (χ3n) is 4.20. The van der Waals surface area contributed by atoms with Crippen LogP contribution in [0, 0.1) is 5.92 Å². The molecule has 0 aromatic heterocycles. The molecule has 0 aromatic rings. The predicted octanol–water partition coefficient (Wildman–Crippen LogP) is -2.48. The summed E-state index contributed by atoms with van der Waals surface area (Å²) in [7, 11) is 0. The second kappa shape index (κ2) is 14.8. The zero-order valence-corrected chi connectivity index (χ0v) is 18.2. The van der Waals surface area contributed by atoms with Crippen molar-refractivity contribution < 1.29 is 19.5 Å². The van der Waals surface area contributed by atoms with E-state index in [9.17, 15) is 19.5 Å². The Balaban J connectivity index is 5.11. The first kappa shape index (κ1) is 27.9. The molecule has 0 radical (unpaired) electrons. The van der Waals surface area contributed by atoms with Crippen LogP contribution in [-0.4, -0.2) is 66.0 Å². The molecule has 0 aromatic carbocycles. The van der Waals surface area contributed by atoms with E-state index in [0.29, 0.717) is 19.3 Å². The molecule has 31 heavy (non-hydrogen) atoms. The minimum absolute atomic E-state index is 0.0873. The van der Waals surface area contributed by atoms with E-state index in [1.54, 1.807) is 0 Å². The van der Waals surface area contributed by atoms with Gasteiger partial charge >= 0.3 is 5.97 Å². The molecule has 13 N–H and O–H groups in total. The fourth-order valence-corrected chi connectivity index (χ4v) is 2.70. The highest BCUT2D eigenvalue weighted by molar-refractivity contribution is 5.91. The van der Waals surface area contributed by atoms with Gasteiger partial charge in [-0.3, -0.25) is 19.6 Å². The van der Waals surface area contributed by atoms with Crippen LogP contribution in [0.25, 0.3) is 0 Å². The molecule has 178 valence electrons. The summed E-state index contributed by atoms with van der Waals surface area (Å²) in [6.45, 7) is 4.32. The second-order valence-corrected chi connectivity index (χ2v) is 7.59. The van der Waals surface area contributed by atoms with Gasteiger partial charge in [0.1, 0.15) is 12.1 Å². The van der Waals surface area contributed by atoms with Gasteiger partial charge in [0.05, 0.1) is 6.04 Å². The Bertz CT molecular complexity index is 644. The van der Waals surface area contributed by atoms with Gasteiger partial charge in [-0.2, -0.15) is 0 Å². The van der Waals surface area contributed by atoms with E-state index in [4.69, 9.17) is 28.7 Å². The Morgan fingerprint density at radius 2 is 1.29 bits per heavy atom. The minimum Gasteiger partial charge on any atom is -0.480 e. The molecule has 2 amide bonds. The normalized spacial score (nSPS) is 13.5. The number of nitrogens with two attached hydrogens (primary N) is 5. The standard InChI is InChI=1S/C18H37N9O4/c1-10(2)9-11(19)14(28)26-12(5-3-7-24-17(20)21)15(29)27-13(16(30)31)6-4-8-25-18(22)23/h10-13H,3-9,19H2,1-2H3,(H,26,28)(H,27,29)(H,30,31)(H4,20,21,24)(H4,22,23,25). The number of aliphatic imine (C=N–C) groups is 2. The average Bonchev–Trinajstić information content (AvgIpc) is 2.64. The number of guanidine groups is 2. The molecule has 0 spiro atoms. The van der Waals surface area contributed by atoms with Crippen molar-refractivity contribution >= 4 is 29.7 Å². The van der Waals surface area contributed by atoms with Crippen molar-refractivity contribution in [2.45, 2.75) is 64.1 Å². The van der Waals surface area contributed by atoms with Gasteiger partial charge in [-0.15, -0.1) is 0 Å². The summed E-state index contributed by atoms with van der Waals surface area (Å²) in [5, 5.41) is 14.5. The van der Waals surface area contributed by atoms with Crippen LogP contribution in [0.2, 0.25) is 0 Å². The molecule has 0 saturated heterocycles. The number of amides is 2. The van der Waals surface area contributed by atoms with Crippen LogP contribution < -0.4 is 39.3 Å². The molecule has 0 fully saturated rings. The largest absolute Gasteiger partial charge is 0.480 e. The Morgan fingerprint density at radius 1 is 0.839 bits per heavy atom. The number of aliphatic carboxylic acids is 1. The monoisotopic (exact) mass is 443 g/mol. The van der Waals surface area contributed by atoms with Crippen LogP contribution >= 0.6 is 0 Å². The molecule has 0 saturated carbocycles. The number of carbonyl (C=O) groups is 3. The number of carboxylic acid groups (broad SMARTS) is 1. The van der Waals surface area contributed by atoms with Crippen molar-refractivity contribution in [3.05, 3.63) is 0 Å². The lowest BCUT2D eigenvalue weighted by Gasteiger charge is -2.23. The molecule has 0 bridgehead atoms. The number of hydrogen-bond acceptors (Lipinski definition) is 6. The van der Waals surface area contributed by atoms with E-state index in [-0.39, 0.29) is 43.8 Å². The molecule has 13 heteroatoms. The summed E-state index contributed by atoms with van der Waals surface area (Å²) in [4.78, 5) is 44.3. The summed E-state index contributed by atoms with van der Waals surface area (Å²) >= 11 is 0. The van der Waals surface area contributed by atoms with Crippen LogP contribution in [0.15, 0.2) is 9.98 Å². The van der Waals surface area contributed by atoms with Gasteiger partial charge in [-0.25, -0.2) is 4.79 Å². The fourth-order valence-electron chi connectivity index (χ4n) is 2.70. The summed E-state index contributed by atoms with van der Waals surface area (Å²) in [5.41, 5.74) is 26.9. The van der Waals surface area contributed by atoms with Gasteiger partial charge in [-0.1, -0.05) is 13.8 Å². The first-order valence-electron chi connectivity index (χ1n) is 10.1. The SMILES string of the molecule is CC(C)CC(N)C(=O)NC(CCCN=C(N)N)C(=O)NC(CCCN=C(N)N)C(=O)O. The first-order chi connectivity index (χ1) is 14.4. The molecule has 0 aliphatic rings. The maximum Gasteiger partial charge on any atom is 0.326 e. The second-order valence-electron chi connectivity index (χ2n) is 7.59. The highest BCUT2D eigenvalue weighted by Crippen LogP contribution is 2.06. The van der Waals surface area contributed by atoms with Gasteiger partial charge < -0.3 is 44.4 Å². The number of hydrogen-bond donors (Lipinski definition) is 8. The van der Waals surface area contributed by atoms with E-state index >= 15 is 0 Å². The van der Waals surface area contributed by atoms with E-state index in [2.05, 4.69) is 20.6 Å². The Kier molecular flexibility index (Phi) is 13.3. The van der Waals surface area contributed by atoms with Crippen LogP contribution in [0.5, 0.6) is 0 Å². The highest BCUT2D eigenvalue weighted by Gasteiger charge is 2.27. The van der Waals surface area contributed by atoms with Gasteiger partial charge in [0.15, 0.2) is 11.9 Å². The molecule has 0 heterocycles. The predicted molar refractivity (Wildman–Crippen MR) is 119 cm³/mol. The van der Waals surface area contributed by atoms with E-state index in [1.807, 2.05) is 13.8 Å². The topological polar surface area (TPSA) is 250 Å². The van der Waals surface area contributed by atoms with Crippen molar-refractivity contribution in [2.24, 2.45) is 44.6 Å². The van der Waals surface area contributed by atoms with Crippen molar-refractivity contribution in [3.63, 3.8) is 0 Å². The lowest BCUT2D eigenvalue weighted by Crippen LogP contribution is -2.54. The molecule has 0 rings (SSSR count). The van der Waals surface area contributed by atoms with Crippen molar-refractivity contribution in [3.8, 4) is 0 Å². The van der Waals surface area contributed by atoms with Crippen LogP contribution in [-0.2, 0) is 14.4 Å². The minimum atomic E-state index is -1.21. The molecule has 3 unspecified atom stereocenters. The van der Waals surface area contributed by atoms with Crippen molar-refractivity contribution in [1.82, 2.24) is 10.6 Å². The highest BCUT2D eigenvalue weighted by atomic mass is 16.4. The van der Waals surface area contributed by atoms with Gasteiger partial charge in [0.2, 0.25) is 11.8 Å². The van der Waals surface area contributed by atoms with Crippen molar-refractivity contribution in [1.29, 1.82) is 0 Å². The van der Waals surface area contributed by atoms with Crippen LogP contribution in [0.4, 0.5) is 0 Å². The number of carboxylic acids is 1. The Hall–Kier alpha value is -3.09. The third-order valence-corrected chi connectivity index (χ3v) is 4.20. The van der Waals surface area contributed by atoms with Gasteiger partial charge in [-0.05, 0) is 38.0 Å². The van der Waals surface area contributed by atoms with E-state index in [0.717, 1.165) is 0 Å². The fraction of sp³-hybridized carbons (Fsp3) is 0.722. The molecule has 0 aliphatic heterocycles. The summed E-state index contributed by atoms with van der Waals surface area (Å²) < 4.78 is 0. The first-order valence-corrected chi connectivity index (χ1v) is 10.1. The molecule has 3 atom stereocenters. The Morgan fingerprint density at radius 3 is 1.71 bits per heavy atom. The maximum atomic E-state index is 12.7. The van der Waals surface area contributed by atoms with Crippen LogP contribution in [0.1, 0.15) is 46.0 Å². The molecule has 0 aliphatic carbocycles. The Labute approximate surface area is 182 Å². The number of nitrogens with zero attached hydrogens (tertiary/aromatic N) is 2. The zero-order valence-electron chi connectivity index (χ0n) is 18.2. The van der Waals surface area contributed by atoms with Gasteiger partial charge in [0, 0.05) is 13.1 Å².